The lowest BCUT2D eigenvalue weighted by atomic mass is 9.80. The summed E-state index contributed by atoms with van der Waals surface area (Å²) >= 11 is 0. The van der Waals surface area contributed by atoms with E-state index < -0.39 is 0 Å². The van der Waals surface area contributed by atoms with Crippen LogP contribution in [0.4, 0.5) is 0 Å². The van der Waals surface area contributed by atoms with Crippen LogP contribution in [0.25, 0.3) is 0 Å². The van der Waals surface area contributed by atoms with Crippen LogP contribution in [-0.2, 0) is 0 Å². The van der Waals surface area contributed by atoms with Gasteiger partial charge in [-0.2, -0.15) is 0 Å². The summed E-state index contributed by atoms with van der Waals surface area (Å²) in [5, 5.41) is 3.35. The van der Waals surface area contributed by atoms with Gasteiger partial charge in [0.2, 0.25) is 0 Å². The maximum Gasteiger partial charge on any atom is 0.0126 e. The Hall–Kier alpha value is -0.340. The number of nitrogens with one attached hydrogen (secondary N) is 1. The van der Waals surface area contributed by atoms with Crippen molar-refractivity contribution in [2.75, 3.05) is 26.2 Å². The zero-order valence-electron chi connectivity index (χ0n) is 14.7. The molecule has 0 bridgehead atoms. The fourth-order valence-corrected chi connectivity index (χ4v) is 2.85. The molecular weight excluding hydrogens is 244 g/mol. The predicted molar refractivity (Wildman–Crippen MR) is 90.2 cm³/mol. The Kier molecular flexibility index (Phi) is 6.74. The molecule has 0 amide bonds. The first-order valence-electron chi connectivity index (χ1n) is 8.36. The SMILES string of the molecule is CC(C)(C)C1=CCCCC1.CC(C)(C)N1CCNCC1. The van der Waals surface area contributed by atoms with E-state index in [4.69, 9.17) is 0 Å². The maximum atomic E-state index is 3.35. The molecule has 0 spiro atoms. The minimum Gasteiger partial charge on any atom is -0.314 e. The van der Waals surface area contributed by atoms with Gasteiger partial charge in [0.1, 0.15) is 0 Å². The van der Waals surface area contributed by atoms with E-state index in [9.17, 15) is 0 Å². The summed E-state index contributed by atoms with van der Waals surface area (Å²) in [6.07, 6.45) is 7.89. The molecule has 0 aromatic rings. The first kappa shape index (κ1) is 17.7. The Balaban J connectivity index is 0.000000200. The summed E-state index contributed by atoms with van der Waals surface area (Å²) in [6, 6.07) is 0. The molecule has 0 unspecified atom stereocenters. The van der Waals surface area contributed by atoms with Crippen LogP contribution in [0.2, 0.25) is 0 Å². The molecule has 1 fully saturated rings. The molecule has 1 saturated heterocycles. The third kappa shape index (κ3) is 6.41. The second-order valence-corrected chi connectivity index (χ2v) is 8.13. The van der Waals surface area contributed by atoms with Crippen molar-refractivity contribution in [1.82, 2.24) is 10.2 Å². The molecule has 118 valence electrons. The van der Waals surface area contributed by atoms with Crippen molar-refractivity contribution in [1.29, 1.82) is 0 Å². The van der Waals surface area contributed by atoms with Gasteiger partial charge in [-0.15, -0.1) is 0 Å². The molecule has 2 aliphatic rings. The summed E-state index contributed by atoms with van der Waals surface area (Å²) in [6.45, 7) is 18.5. The van der Waals surface area contributed by atoms with Crippen molar-refractivity contribution in [3.05, 3.63) is 11.6 Å². The van der Waals surface area contributed by atoms with Crippen molar-refractivity contribution >= 4 is 0 Å². The molecular formula is C18H36N2. The van der Waals surface area contributed by atoms with Crippen molar-refractivity contribution in [2.24, 2.45) is 5.41 Å². The topological polar surface area (TPSA) is 15.3 Å². The van der Waals surface area contributed by atoms with Crippen LogP contribution in [0.3, 0.4) is 0 Å². The van der Waals surface area contributed by atoms with Gasteiger partial charge >= 0.3 is 0 Å². The molecule has 0 radical (unpaired) electrons. The predicted octanol–water partition coefficient (Wildman–Crippen LogP) is 4.22. The Labute approximate surface area is 127 Å². The monoisotopic (exact) mass is 280 g/mol. The van der Waals surface area contributed by atoms with Crippen molar-refractivity contribution in [2.45, 2.75) is 72.8 Å². The van der Waals surface area contributed by atoms with E-state index in [1.807, 2.05) is 0 Å². The number of hydrogen-bond acceptors (Lipinski definition) is 2. The van der Waals surface area contributed by atoms with Crippen molar-refractivity contribution in [3.8, 4) is 0 Å². The smallest absolute Gasteiger partial charge is 0.0126 e. The van der Waals surface area contributed by atoms with E-state index in [0.29, 0.717) is 11.0 Å². The first-order valence-corrected chi connectivity index (χ1v) is 8.36. The average Bonchev–Trinajstić information content (AvgIpc) is 2.40. The Morgan fingerprint density at radius 2 is 1.55 bits per heavy atom. The molecule has 0 aromatic carbocycles. The van der Waals surface area contributed by atoms with Gasteiger partial charge in [-0.25, -0.2) is 0 Å². The lowest BCUT2D eigenvalue weighted by molar-refractivity contribution is 0.119. The molecule has 20 heavy (non-hydrogen) atoms. The van der Waals surface area contributed by atoms with Crippen LogP contribution in [0.1, 0.15) is 67.2 Å². The highest BCUT2D eigenvalue weighted by molar-refractivity contribution is 5.12. The van der Waals surface area contributed by atoms with E-state index in [-0.39, 0.29) is 0 Å². The summed E-state index contributed by atoms with van der Waals surface area (Å²) < 4.78 is 0. The normalized spacial score (nSPS) is 21.8. The van der Waals surface area contributed by atoms with E-state index in [2.05, 4.69) is 57.8 Å². The van der Waals surface area contributed by atoms with Crippen molar-refractivity contribution in [3.63, 3.8) is 0 Å². The second kappa shape index (κ2) is 7.61. The van der Waals surface area contributed by atoms with Gasteiger partial charge in [-0.1, -0.05) is 32.4 Å². The highest BCUT2D eigenvalue weighted by Crippen LogP contribution is 2.32. The minimum absolute atomic E-state index is 0.363. The molecule has 1 heterocycles. The molecule has 0 aromatic heterocycles. The van der Waals surface area contributed by atoms with E-state index in [0.717, 1.165) is 13.1 Å². The zero-order chi connectivity index (χ0) is 15.2. The van der Waals surface area contributed by atoms with E-state index in [1.54, 1.807) is 5.57 Å². The standard InChI is InChI=1S/C10H18.C8H18N2/c1-10(2,3)9-7-5-4-6-8-9;1-8(2,3)10-6-4-9-5-7-10/h7H,4-6,8H2,1-3H3;9H,4-7H2,1-3H3. The number of hydrogen-bond donors (Lipinski definition) is 1. The molecule has 2 heteroatoms. The van der Waals surface area contributed by atoms with Crippen LogP contribution in [0.5, 0.6) is 0 Å². The summed E-state index contributed by atoms with van der Waals surface area (Å²) in [4.78, 5) is 2.52. The lowest BCUT2D eigenvalue weighted by Crippen LogP contribution is -2.51. The third-order valence-corrected chi connectivity index (χ3v) is 4.32. The van der Waals surface area contributed by atoms with Crippen LogP contribution in [0, 0.1) is 5.41 Å². The molecule has 0 atom stereocenters. The Bertz CT molecular complexity index is 298. The number of piperazine rings is 1. The zero-order valence-corrected chi connectivity index (χ0v) is 14.7. The van der Waals surface area contributed by atoms with Crippen LogP contribution in [0.15, 0.2) is 11.6 Å². The second-order valence-electron chi connectivity index (χ2n) is 8.13. The number of nitrogens with zero attached hydrogens (tertiary/aromatic N) is 1. The van der Waals surface area contributed by atoms with Gasteiger partial charge in [0.25, 0.3) is 0 Å². The Morgan fingerprint density at radius 1 is 0.950 bits per heavy atom. The Morgan fingerprint density at radius 3 is 1.85 bits per heavy atom. The number of allylic oxidation sites excluding steroid dienone is 2. The van der Waals surface area contributed by atoms with Gasteiger partial charge in [0.15, 0.2) is 0 Å². The molecule has 0 saturated carbocycles. The maximum absolute atomic E-state index is 3.35. The fourth-order valence-electron chi connectivity index (χ4n) is 2.85. The van der Waals surface area contributed by atoms with Gasteiger partial charge in [0, 0.05) is 31.7 Å². The third-order valence-electron chi connectivity index (χ3n) is 4.32. The van der Waals surface area contributed by atoms with Crippen LogP contribution >= 0.6 is 0 Å². The highest BCUT2D eigenvalue weighted by atomic mass is 15.2. The van der Waals surface area contributed by atoms with Gasteiger partial charge in [-0.05, 0) is 51.9 Å². The van der Waals surface area contributed by atoms with Gasteiger partial charge < -0.3 is 5.32 Å². The quantitative estimate of drug-likeness (QED) is 0.668. The minimum atomic E-state index is 0.363. The number of rotatable bonds is 0. The molecule has 2 rings (SSSR count). The van der Waals surface area contributed by atoms with Gasteiger partial charge in [-0.3, -0.25) is 4.90 Å². The summed E-state index contributed by atoms with van der Waals surface area (Å²) in [5.41, 5.74) is 2.46. The largest absolute Gasteiger partial charge is 0.314 e. The lowest BCUT2D eigenvalue weighted by Gasteiger charge is -2.38. The molecule has 1 aliphatic carbocycles. The first-order chi connectivity index (χ1) is 9.21. The average molecular weight is 281 g/mol. The molecule has 2 nitrogen and oxygen atoms in total. The highest BCUT2D eigenvalue weighted by Gasteiger charge is 2.21. The van der Waals surface area contributed by atoms with Crippen LogP contribution < -0.4 is 5.32 Å². The summed E-state index contributed by atoms with van der Waals surface area (Å²) in [5.74, 6) is 0. The van der Waals surface area contributed by atoms with Gasteiger partial charge in [0.05, 0.1) is 0 Å². The van der Waals surface area contributed by atoms with E-state index in [1.165, 1.54) is 38.8 Å². The molecule has 1 N–H and O–H groups in total. The molecule has 1 aliphatic heterocycles. The van der Waals surface area contributed by atoms with Crippen molar-refractivity contribution < 1.29 is 0 Å². The van der Waals surface area contributed by atoms with Crippen LogP contribution in [-0.4, -0.2) is 36.6 Å². The fraction of sp³-hybridized carbons (Fsp3) is 0.889. The van der Waals surface area contributed by atoms with E-state index >= 15 is 0 Å². The summed E-state index contributed by atoms with van der Waals surface area (Å²) in [7, 11) is 0.